The molecule has 1 aliphatic heterocycles. The SMILES string of the molecule is [2H]C1=COCCC1. The summed E-state index contributed by atoms with van der Waals surface area (Å²) in [5.41, 5.74) is 0. The second kappa shape index (κ2) is 1.85. The first-order valence-corrected chi connectivity index (χ1v) is 2.17. The molecule has 0 atom stereocenters. The van der Waals surface area contributed by atoms with E-state index in [1.165, 1.54) is 6.26 Å². The Balaban J connectivity index is 2.40. The summed E-state index contributed by atoms with van der Waals surface area (Å²) in [6.45, 7) is 0.794. The van der Waals surface area contributed by atoms with E-state index in [0.717, 1.165) is 19.4 Å². The molecule has 0 aliphatic carbocycles. The van der Waals surface area contributed by atoms with Gasteiger partial charge in [0.25, 0.3) is 0 Å². The van der Waals surface area contributed by atoms with Crippen LogP contribution in [0.3, 0.4) is 0 Å². The molecule has 0 saturated carbocycles. The Labute approximate surface area is 39.0 Å². The van der Waals surface area contributed by atoms with Crippen molar-refractivity contribution < 1.29 is 6.11 Å². The van der Waals surface area contributed by atoms with E-state index in [-0.39, 0.29) is 0 Å². The molecular formula is C5H8O. The summed E-state index contributed by atoms with van der Waals surface area (Å²) >= 11 is 0. The lowest BCUT2D eigenvalue weighted by Crippen LogP contribution is -1.90. The largest absolute Gasteiger partial charge is 0.502 e. The summed E-state index contributed by atoms with van der Waals surface area (Å²) in [4.78, 5) is 0. The summed E-state index contributed by atoms with van der Waals surface area (Å²) in [6.07, 6.45) is 3.42. The minimum absolute atomic E-state index is 0.617. The van der Waals surface area contributed by atoms with Crippen molar-refractivity contribution in [2.24, 2.45) is 0 Å². The summed E-state index contributed by atoms with van der Waals surface area (Å²) in [5.74, 6) is 0. The second-order valence-corrected chi connectivity index (χ2v) is 1.30. The molecule has 1 rings (SSSR count). The van der Waals surface area contributed by atoms with E-state index in [0.29, 0.717) is 6.05 Å². The molecule has 0 bridgehead atoms. The van der Waals surface area contributed by atoms with Gasteiger partial charge in [0.05, 0.1) is 14.2 Å². The molecule has 0 radical (unpaired) electrons. The van der Waals surface area contributed by atoms with Gasteiger partial charge in [-0.1, -0.05) is 0 Å². The Morgan fingerprint density at radius 2 is 2.83 bits per heavy atom. The normalized spacial score (nSPS) is 24.0. The van der Waals surface area contributed by atoms with Crippen molar-refractivity contribution in [3.63, 3.8) is 0 Å². The average Bonchev–Trinajstić information content (AvgIpc) is 1.69. The summed E-state index contributed by atoms with van der Waals surface area (Å²) < 4.78 is 11.8. The molecule has 0 unspecified atom stereocenters. The molecule has 0 aromatic carbocycles. The van der Waals surface area contributed by atoms with Crippen LogP contribution < -0.4 is 0 Å². The van der Waals surface area contributed by atoms with Crippen molar-refractivity contribution in [2.45, 2.75) is 12.8 Å². The van der Waals surface area contributed by atoms with Crippen molar-refractivity contribution in [3.05, 3.63) is 12.3 Å². The Morgan fingerprint density at radius 3 is 3.17 bits per heavy atom. The predicted molar refractivity (Wildman–Crippen MR) is 24.3 cm³/mol. The molecule has 0 aromatic heterocycles. The lowest BCUT2D eigenvalue weighted by atomic mass is 10.3. The highest BCUT2D eigenvalue weighted by Crippen LogP contribution is 1.97. The fourth-order valence-electron chi connectivity index (χ4n) is 0.434. The molecule has 0 saturated heterocycles. The van der Waals surface area contributed by atoms with Crippen LogP contribution in [0, 0.1) is 0 Å². The maximum atomic E-state index is 7.01. The van der Waals surface area contributed by atoms with Crippen LogP contribution in [0.2, 0.25) is 0 Å². The highest BCUT2D eigenvalue weighted by Gasteiger charge is 1.86. The van der Waals surface area contributed by atoms with Crippen LogP contribution >= 0.6 is 0 Å². The first kappa shape index (κ1) is 2.67. The molecule has 0 spiro atoms. The van der Waals surface area contributed by atoms with Gasteiger partial charge in [-0.25, -0.2) is 0 Å². The van der Waals surface area contributed by atoms with Crippen LogP contribution in [0.25, 0.3) is 0 Å². The third kappa shape index (κ3) is 0.744. The Kier molecular flexibility index (Phi) is 0.825. The summed E-state index contributed by atoms with van der Waals surface area (Å²) in [5, 5.41) is 0. The maximum absolute atomic E-state index is 7.01. The zero-order valence-electron chi connectivity index (χ0n) is 4.61. The fourth-order valence-corrected chi connectivity index (χ4v) is 0.434. The first-order valence-electron chi connectivity index (χ1n) is 2.67. The van der Waals surface area contributed by atoms with Crippen LogP contribution in [-0.4, -0.2) is 6.61 Å². The quantitative estimate of drug-likeness (QED) is 0.431. The molecule has 1 heterocycles. The zero-order valence-corrected chi connectivity index (χ0v) is 3.61. The third-order valence-corrected chi connectivity index (χ3v) is 0.750. The molecule has 6 heavy (non-hydrogen) atoms. The number of hydrogen-bond donors (Lipinski definition) is 0. The highest BCUT2D eigenvalue weighted by atomic mass is 16.5. The number of rotatable bonds is 0. The number of allylic oxidation sites excluding steroid dienone is 1. The van der Waals surface area contributed by atoms with Crippen molar-refractivity contribution in [1.82, 2.24) is 0 Å². The van der Waals surface area contributed by atoms with E-state index < -0.39 is 0 Å². The summed E-state index contributed by atoms with van der Waals surface area (Å²) in [6, 6.07) is 0.617. The van der Waals surface area contributed by atoms with Crippen molar-refractivity contribution >= 4 is 0 Å². The van der Waals surface area contributed by atoms with Crippen LogP contribution in [-0.2, 0) is 4.74 Å². The van der Waals surface area contributed by atoms with E-state index in [9.17, 15) is 0 Å². The molecule has 0 N–H and O–H groups in total. The Bertz CT molecular complexity index is 88.1. The van der Waals surface area contributed by atoms with Gasteiger partial charge in [0.1, 0.15) is 0 Å². The fraction of sp³-hybridized carbons (Fsp3) is 0.600. The van der Waals surface area contributed by atoms with Gasteiger partial charge in [-0.2, -0.15) is 0 Å². The number of ether oxygens (including phenoxy) is 1. The topological polar surface area (TPSA) is 9.23 Å². The summed E-state index contributed by atoms with van der Waals surface area (Å²) in [7, 11) is 0. The minimum atomic E-state index is 0.617. The van der Waals surface area contributed by atoms with Crippen molar-refractivity contribution in [1.29, 1.82) is 0 Å². The van der Waals surface area contributed by atoms with E-state index in [1.807, 2.05) is 0 Å². The van der Waals surface area contributed by atoms with Gasteiger partial charge in [-0.3, -0.25) is 0 Å². The Morgan fingerprint density at radius 1 is 1.83 bits per heavy atom. The van der Waals surface area contributed by atoms with Crippen molar-refractivity contribution in [3.8, 4) is 0 Å². The van der Waals surface area contributed by atoms with Crippen LogP contribution in [0.15, 0.2) is 12.3 Å². The van der Waals surface area contributed by atoms with Gasteiger partial charge in [0, 0.05) is 0 Å². The maximum Gasteiger partial charge on any atom is 0.0876 e. The standard InChI is InChI=1S/C5H8O/c1-2-4-6-5-3-1/h2,4H,1,3,5H2/i2D. The molecule has 0 fully saturated rings. The van der Waals surface area contributed by atoms with Gasteiger partial charge < -0.3 is 4.74 Å². The van der Waals surface area contributed by atoms with Gasteiger partial charge in [-0.15, -0.1) is 0 Å². The lowest BCUT2D eigenvalue weighted by molar-refractivity contribution is 0.231. The smallest absolute Gasteiger partial charge is 0.0876 e. The first-order chi connectivity index (χ1) is 3.39. The van der Waals surface area contributed by atoms with E-state index in [1.54, 1.807) is 0 Å². The predicted octanol–water partition coefficient (Wildman–Crippen LogP) is 1.31. The van der Waals surface area contributed by atoms with Crippen LogP contribution in [0.1, 0.15) is 14.2 Å². The zero-order chi connectivity index (χ0) is 5.11. The van der Waals surface area contributed by atoms with Crippen molar-refractivity contribution in [2.75, 3.05) is 6.61 Å². The van der Waals surface area contributed by atoms with Gasteiger partial charge in [0.15, 0.2) is 0 Å². The molecule has 34 valence electrons. The minimum Gasteiger partial charge on any atom is -0.502 e. The molecule has 1 heteroatoms. The van der Waals surface area contributed by atoms with E-state index in [4.69, 9.17) is 6.11 Å². The molecule has 1 nitrogen and oxygen atoms in total. The molecular weight excluding hydrogens is 76.1 g/mol. The lowest BCUT2D eigenvalue weighted by Gasteiger charge is -2.01. The van der Waals surface area contributed by atoms with Crippen LogP contribution in [0.5, 0.6) is 0 Å². The third-order valence-electron chi connectivity index (χ3n) is 0.750. The van der Waals surface area contributed by atoms with Gasteiger partial charge in [-0.05, 0) is 18.9 Å². The molecule has 0 aromatic rings. The highest BCUT2D eigenvalue weighted by molar-refractivity contribution is 4.76. The van der Waals surface area contributed by atoms with Gasteiger partial charge in [0.2, 0.25) is 0 Å². The van der Waals surface area contributed by atoms with Gasteiger partial charge >= 0.3 is 0 Å². The average molecular weight is 85.1 g/mol. The van der Waals surface area contributed by atoms with Crippen LogP contribution in [0.4, 0.5) is 0 Å². The Hall–Kier alpha value is -0.460. The molecule has 1 aliphatic rings. The number of hydrogen-bond acceptors (Lipinski definition) is 1. The van der Waals surface area contributed by atoms with E-state index >= 15 is 0 Å². The second-order valence-electron chi connectivity index (χ2n) is 1.30. The van der Waals surface area contributed by atoms with E-state index in [2.05, 4.69) is 0 Å². The monoisotopic (exact) mass is 85.1 g/mol. The molecule has 0 amide bonds.